The van der Waals surface area contributed by atoms with Crippen molar-refractivity contribution >= 4 is 33.2 Å². The van der Waals surface area contributed by atoms with Gasteiger partial charge in [-0.2, -0.15) is 4.31 Å². The molecule has 0 aromatic heterocycles. The topological polar surface area (TPSA) is 93.1 Å². The fraction of sp³-hybridized carbons (Fsp3) is 0.318. The van der Waals surface area contributed by atoms with E-state index in [0.717, 1.165) is 11.1 Å². The van der Waals surface area contributed by atoms with Crippen LogP contribution in [0, 0.1) is 0 Å². The van der Waals surface area contributed by atoms with E-state index in [9.17, 15) is 13.2 Å². The van der Waals surface area contributed by atoms with Gasteiger partial charge in [0.1, 0.15) is 11.5 Å². The lowest BCUT2D eigenvalue weighted by Crippen LogP contribution is -2.34. The van der Waals surface area contributed by atoms with Crippen molar-refractivity contribution in [2.75, 3.05) is 19.7 Å². The fourth-order valence-electron chi connectivity index (χ4n) is 3.20. The first-order valence-electron chi connectivity index (χ1n) is 9.77. The number of sulfonamides is 1. The second-order valence-corrected chi connectivity index (χ2v) is 9.65. The number of carboxylic acid groups (broad SMARTS) is 1. The second kappa shape index (κ2) is 9.72. The first-order valence-corrected chi connectivity index (χ1v) is 11.6. The summed E-state index contributed by atoms with van der Waals surface area (Å²) in [6.45, 7) is 3.88. The minimum atomic E-state index is -3.62. The zero-order valence-corrected chi connectivity index (χ0v) is 18.8. The van der Waals surface area contributed by atoms with Gasteiger partial charge in [-0.3, -0.25) is 0 Å². The third-order valence-corrected chi connectivity index (χ3v) is 6.85. The average Bonchev–Trinajstić information content (AvgIpc) is 2.73. The normalized spacial score (nSPS) is 14.9. The summed E-state index contributed by atoms with van der Waals surface area (Å²) in [6, 6.07) is 11.5. The van der Waals surface area contributed by atoms with E-state index in [2.05, 4.69) is 0 Å². The van der Waals surface area contributed by atoms with E-state index in [1.165, 1.54) is 4.31 Å². The molecule has 2 aromatic rings. The Bertz CT molecular complexity index is 1080. The molecule has 0 bridgehead atoms. The molecule has 0 radical (unpaired) electrons. The molecule has 0 saturated heterocycles. The summed E-state index contributed by atoms with van der Waals surface area (Å²) in [4.78, 5) is 11.0. The summed E-state index contributed by atoms with van der Waals surface area (Å²) in [5.41, 5.74) is 1.76. The molecule has 9 heteroatoms. The van der Waals surface area contributed by atoms with Gasteiger partial charge in [0.05, 0.1) is 16.0 Å². The van der Waals surface area contributed by atoms with Crippen LogP contribution in [0.15, 0.2) is 53.4 Å². The van der Waals surface area contributed by atoms with E-state index in [-0.39, 0.29) is 23.3 Å². The number of hydrogen-bond acceptors (Lipinski definition) is 5. The van der Waals surface area contributed by atoms with Crippen molar-refractivity contribution in [3.8, 4) is 11.5 Å². The zero-order chi connectivity index (χ0) is 22.6. The molecule has 0 saturated carbocycles. The number of halogens is 1. The molecule has 0 atom stereocenters. The Morgan fingerprint density at radius 1 is 1.19 bits per heavy atom. The third kappa shape index (κ3) is 5.78. The van der Waals surface area contributed by atoms with Crippen LogP contribution in [-0.2, 0) is 14.8 Å². The van der Waals surface area contributed by atoms with Crippen molar-refractivity contribution in [1.29, 1.82) is 0 Å². The number of carbonyl (C=O) groups is 1. The molecule has 0 unspecified atom stereocenters. The van der Waals surface area contributed by atoms with Crippen molar-refractivity contribution in [1.82, 2.24) is 4.31 Å². The van der Waals surface area contributed by atoms with Crippen molar-refractivity contribution in [2.24, 2.45) is 0 Å². The number of nitrogens with zero attached hydrogens (tertiary/aromatic N) is 1. The molecule has 1 aliphatic heterocycles. The second-order valence-electron chi connectivity index (χ2n) is 7.31. The molecule has 0 spiro atoms. The maximum absolute atomic E-state index is 13.0. The standard InChI is InChI=1S/C22H24ClNO6S/c1-15(2)30-18-4-6-19(7-5-18)31(27,28)24-11-9-16(10-12-24)17-3-8-20(23)21(13-17)29-14-22(25)26/h3-9,13,15H,10-12,14H2,1-2H3,(H,25,26). The van der Waals surface area contributed by atoms with Crippen molar-refractivity contribution in [3.05, 3.63) is 59.1 Å². The van der Waals surface area contributed by atoms with Gasteiger partial charge >= 0.3 is 5.97 Å². The van der Waals surface area contributed by atoms with Gasteiger partial charge in [0.15, 0.2) is 6.61 Å². The van der Waals surface area contributed by atoms with Crippen LogP contribution in [0.3, 0.4) is 0 Å². The predicted octanol–water partition coefficient (Wildman–Crippen LogP) is 4.07. The number of aliphatic carboxylic acids is 1. The number of ether oxygens (including phenoxy) is 2. The van der Waals surface area contributed by atoms with Gasteiger partial charge in [-0.1, -0.05) is 23.7 Å². The number of carboxylic acids is 1. The molecule has 0 aliphatic carbocycles. The number of rotatable bonds is 8. The molecule has 1 aliphatic rings. The Balaban J connectivity index is 1.73. The highest BCUT2D eigenvalue weighted by Gasteiger charge is 2.26. The molecule has 0 fully saturated rings. The lowest BCUT2D eigenvalue weighted by molar-refractivity contribution is -0.139. The summed E-state index contributed by atoms with van der Waals surface area (Å²) >= 11 is 6.07. The Labute approximate surface area is 186 Å². The van der Waals surface area contributed by atoms with E-state index in [4.69, 9.17) is 26.2 Å². The SMILES string of the molecule is CC(C)Oc1ccc(S(=O)(=O)N2CC=C(c3ccc(Cl)c(OCC(=O)O)c3)CC2)cc1. The van der Waals surface area contributed by atoms with E-state index in [1.807, 2.05) is 19.9 Å². The summed E-state index contributed by atoms with van der Waals surface area (Å²) in [5, 5.41) is 9.10. The van der Waals surface area contributed by atoms with Crippen LogP contribution in [0.2, 0.25) is 5.02 Å². The lowest BCUT2D eigenvalue weighted by Gasteiger charge is -2.26. The minimum Gasteiger partial charge on any atom is -0.491 e. The monoisotopic (exact) mass is 465 g/mol. The minimum absolute atomic E-state index is 0.0102. The van der Waals surface area contributed by atoms with Crippen LogP contribution in [0.1, 0.15) is 25.8 Å². The van der Waals surface area contributed by atoms with Crippen LogP contribution in [-0.4, -0.2) is 49.6 Å². The van der Waals surface area contributed by atoms with Gasteiger partial charge in [0.25, 0.3) is 0 Å². The van der Waals surface area contributed by atoms with Crippen LogP contribution in [0.5, 0.6) is 11.5 Å². The molecule has 0 amide bonds. The van der Waals surface area contributed by atoms with E-state index in [1.54, 1.807) is 42.5 Å². The van der Waals surface area contributed by atoms with Gasteiger partial charge in [-0.25, -0.2) is 13.2 Å². The predicted molar refractivity (Wildman–Crippen MR) is 118 cm³/mol. The maximum Gasteiger partial charge on any atom is 0.341 e. The molecule has 1 N–H and O–H groups in total. The molecular weight excluding hydrogens is 442 g/mol. The van der Waals surface area contributed by atoms with E-state index < -0.39 is 22.6 Å². The van der Waals surface area contributed by atoms with E-state index in [0.29, 0.717) is 23.7 Å². The van der Waals surface area contributed by atoms with Gasteiger partial charge in [0.2, 0.25) is 10.0 Å². The first-order chi connectivity index (χ1) is 14.7. The highest BCUT2D eigenvalue weighted by molar-refractivity contribution is 7.89. The molecule has 2 aromatic carbocycles. The van der Waals surface area contributed by atoms with Gasteiger partial charge in [-0.15, -0.1) is 0 Å². The summed E-state index contributed by atoms with van der Waals surface area (Å²) in [7, 11) is -3.62. The largest absolute Gasteiger partial charge is 0.491 e. The Kier molecular flexibility index (Phi) is 7.25. The van der Waals surface area contributed by atoms with Gasteiger partial charge in [0, 0.05) is 13.1 Å². The van der Waals surface area contributed by atoms with Gasteiger partial charge < -0.3 is 14.6 Å². The van der Waals surface area contributed by atoms with Crippen LogP contribution >= 0.6 is 11.6 Å². The Hall–Kier alpha value is -2.55. The highest BCUT2D eigenvalue weighted by atomic mass is 35.5. The zero-order valence-electron chi connectivity index (χ0n) is 17.2. The highest BCUT2D eigenvalue weighted by Crippen LogP contribution is 2.32. The Morgan fingerprint density at radius 2 is 1.90 bits per heavy atom. The number of hydrogen-bond donors (Lipinski definition) is 1. The van der Waals surface area contributed by atoms with Crippen LogP contribution < -0.4 is 9.47 Å². The van der Waals surface area contributed by atoms with Crippen LogP contribution in [0.25, 0.3) is 5.57 Å². The quantitative estimate of drug-likeness (QED) is 0.631. The fourth-order valence-corrected chi connectivity index (χ4v) is 4.75. The van der Waals surface area contributed by atoms with Crippen LogP contribution in [0.4, 0.5) is 0 Å². The maximum atomic E-state index is 13.0. The van der Waals surface area contributed by atoms with Crippen molar-refractivity contribution < 1.29 is 27.8 Å². The summed E-state index contributed by atoms with van der Waals surface area (Å²) in [5.74, 6) is -0.192. The third-order valence-electron chi connectivity index (χ3n) is 4.66. The van der Waals surface area contributed by atoms with E-state index >= 15 is 0 Å². The number of benzene rings is 2. The molecule has 31 heavy (non-hydrogen) atoms. The van der Waals surface area contributed by atoms with Crippen molar-refractivity contribution in [3.63, 3.8) is 0 Å². The molecular formula is C22H24ClNO6S. The van der Waals surface area contributed by atoms with Crippen molar-refractivity contribution in [2.45, 2.75) is 31.3 Å². The molecule has 166 valence electrons. The summed E-state index contributed by atoms with van der Waals surface area (Å²) in [6.07, 6.45) is 2.37. The molecule has 3 rings (SSSR count). The average molecular weight is 466 g/mol. The lowest BCUT2D eigenvalue weighted by atomic mass is 10.0. The molecule has 1 heterocycles. The summed E-state index contributed by atoms with van der Waals surface area (Å²) < 4.78 is 38.2. The first kappa shape index (κ1) is 23.1. The Morgan fingerprint density at radius 3 is 2.48 bits per heavy atom. The van der Waals surface area contributed by atoms with Gasteiger partial charge in [-0.05, 0) is 67.8 Å². The molecule has 7 nitrogen and oxygen atoms in total. The smallest absolute Gasteiger partial charge is 0.341 e.